The minimum Gasteiger partial charge on any atom is -0.381 e. The number of nitrogens with two attached hydrogens (primary N) is 1. The summed E-state index contributed by atoms with van der Waals surface area (Å²) in [6.07, 6.45) is 1.50. The number of anilines is 1. The van der Waals surface area contributed by atoms with Gasteiger partial charge in [-0.3, -0.25) is 4.68 Å². The van der Waals surface area contributed by atoms with Gasteiger partial charge < -0.3 is 5.73 Å². The lowest BCUT2D eigenvalue weighted by Gasteiger charge is -1.97. The first kappa shape index (κ1) is 8.67. The molecule has 0 atom stereocenters. The molecule has 7 nitrogen and oxygen atoms in total. The number of nitrogens with zero attached hydrogens (tertiary/aromatic N) is 6. The lowest BCUT2D eigenvalue weighted by molar-refractivity contribution is 0.547. The highest BCUT2D eigenvalue weighted by Gasteiger charge is 2.05. The standard InChI is InChI=1S/C7H11N7/c1-5-10-7(13(2)11-5)4-14-9-3-6(8)12-14/h3H,4H2,1-2H3,(H2,8,12). The first-order chi connectivity index (χ1) is 6.65. The Morgan fingerprint density at radius 1 is 1.43 bits per heavy atom. The van der Waals surface area contributed by atoms with Gasteiger partial charge in [0.25, 0.3) is 0 Å². The number of hydrogen-bond donors (Lipinski definition) is 1. The van der Waals surface area contributed by atoms with Crippen LogP contribution in [-0.2, 0) is 13.6 Å². The van der Waals surface area contributed by atoms with Crippen molar-refractivity contribution in [3.63, 3.8) is 0 Å². The average molecular weight is 193 g/mol. The summed E-state index contributed by atoms with van der Waals surface area (Å²) >= 11 is 0. The maximum absolute atomic E-state index is 5.44. The van der Waals surface area contributed by atoms with Crippen LogP contribution in [0, 0.1) is 6.92 Å². The fourth-order valence-corrected chi connectivity index (χ4v) is 1.21. The molecule has 0 aromatic carbocycles. The maximum atomic E-state index is 5.44. The molecule has 2 N–H and O–H groups in total. The zero-order valence-electron chi connectivity index (χ0n) is 8.05. The molecule has 0 saturated carbocycles. The second-order valence-corrected chi connectivity index (χ2v) is 3.00. The Bertz CT molecular complexity index is 441. The molecule has 0 aliphatic carbocycles. The van der Waals surface area contributed by atoms with Gasteiger partial charge in [-0.05, 0) is 6.92 Å². The molecular formula is C7H11N7. The number of aromatic nitrogens is 6. The molecule has 0 aliphatic heterocycles. The topological polar surface area (TPSA) is 87.4 Å². The molecule has 14 heavy (non-hydrogen) atoms. The predicted molar refractivity (Wildman–Crippen MR) is 49.3 cm³/mol. The van der Waals surface area contributed by atoms with Crippen molar-refractivity contribution in [2.45, 2.75) is 13.5 Å². The Kier molecular flexibility index (Phi) is 1.91. The quantitative estimate of drug-likeness (QED) is 0.684. The van der Waals surface area contributed by atoms with Crippen LogP contribution >= 0.6 is 0 Å². The van der Waals surface area contributed by atoms with Crippen LogP contribution in [0.2, 0.25) is 0 Å². The van der Waals surface area contributed by atoms with Crippen molar-refractivity contribution in [1.29, 1.82) is 0 Å². The van der Waals surface area contributed by atoms with E-state index in [1.165, 1.54) is 11.0 Å². The average Bonchev–Trinajstić information content (AvgIpc) is 2.61. The second kappa shape index (κ2) is 3.09. The summed E-state index contributed by atoms with van der Waals surface area (Å²) in [5.74, 6) is 1.95. The van der Waals surface area contributed by atoms with E-state index in [0.29, 0.717) is 12.4 Å². The minimum absolute atomic E-state index is 0.406. The molecule has 0 amide bonds. The zero-order chi connectivity index (χ0) is 10.1. The summed E-state index contributed by atoms with van der Waals surface area (Å²) in [5.41, 5.74) is 5.44. The summed E-state index contributed by atoms with van der Waals surface area (Å²) < 4.78 is 1.70. The third-order valence-electron chi connectivity index (χ3n) is 1.80. The van der Waals surface area contributed by atoms with Gasteiger partial charge in [0.05, 0.1) is 6.20 Å². The Morgan fingerprint density at radius 2 is 2.21 bits per heavy atom. The highest BCUT2D eigenvalue weighted by atomic mass is 15.5. The van der Waals surface area contributed by atoms with Gasteiger partial charge in [0, 0.05) is 7.05 Å². The van der Waals surface area contributed by atoms with E-state index in [9.17, 15) is 0 Å². The molecule has 0 bridgehead atoms. The Morgan fingerprint density at radius 3 is 2.71 bits per heavy atom. The summed E-state index contributed by atoms with van der Waals surface area (Å²) in [4.78, 5) is 5.71. The van der Waals surface area contributed by atoms with Crippen molar-refractivity contribution >= 4 is 5.82 Å². The van der Waals surface area contributed by atoms with E-state index in [1.54, 1.807) is 4.68 Å². The lowest BCUT2D eigenvalue weighted by atomic mass is 10.6. The van der Waals surface area contributed by atoms with E-state index in [2.05, 4.69) is 20.3 Å². The van der Waals surface area contributed by atoms with E-state index in [0.717, 1.165) is 11.6 Å². The van der Waals surface area contributed by atoms with E-state index in [-0.39, 0.29) is 0 Å². The third kappa shape index (κ3) is 1.56. The Labute approximate surface area is 80.5 Å². The number of hydrogen-bond acceptors (Lipinski definition) is 5. The molecule has 2 aromatic heterocycles. The van der Waals surface area contributed by atoms with E-state index in [1.807, 2.05) is 14.0 Å². The second-order valence-electron chi connectivity index (χ2n) is 3.00. The SMILES string of the molecule is Cc1nc(Cn2ncc(N)n2)n(C)n1. The van der Waals surface area contributed by atoms with Gasteiger partial charge in [-0.2, -0.15) is 15.0 Å². The zero-order valence-corrected chi connectivity index (χ0v) is 8.05. The molecule has 0 saturated heterocycles. The van der Waals surface area contributed by atoms with E-state index >= 15 is 0 Å². The Balaban J connectivity index is 2.22. The molecule has 7 heteroatoms. The van der Waals surface area contributed by atoms with Crippen molar-refractivity contribution in [2.24, 2.45) is 7.05 Å². The van der Waals surface area contributed by atoms with Crippen LogP contribution in [0.5, 0.6) is 0 Å². The van der Waals surface area contributed by atoms with Crippen LogP contribution in [0.1, 0.15) is 11.6 Å². The summed E-state index contributed by atoms with van der Waals surface area (Å²) in [6, 6.07) is 0. The van der Waals surface area contributed by atoms with Crippen LogP contribution in [0.25, 0.3) is 0 Å². The molecule has 0 fully saturated rings. The fraction of sp³-hybridized carbons (Fsp3) is 0.429. The van der Waals surface area contributed by atoms with E-state index in [4.69, 9.17) is 5.73 Å². The number of aryl methyl sites for hydroxylation is 2. The van der Waals surface area contributed by atoms with Crippen LogP contribution < -0.4 is 5.73 Å². The highest BCUT2D eigenvalue weighted by Crippen LogP contribution is 1.98. The van der Waals surface area contributed by atoms with Gasteiger partial charge in [0.15, 0.2) is 11.6 Å². The van der Waals surface area contributed by atoms with Gasteiger partial charge in [0.2, 0.25) is 0 Å². The Hall–Kier alpha value is -1.92. The summed E-state index contributed by atoms with van der Waals surface area (Å²) in [6.45, 7) is 2.32. The molecule has 0 radical (unpaired) electrons. The predicted octanol–water partition coefficient (Wildman–Crippen LogP) is -0.654. The van der Waals surface area contributed by atoms with E-state index < -0.39 is 0 Å². The van der Waals surface area contributed by atoms with Crippen LogP contribution in [0.15, 0.2) is 6.20 Å². The first-order valence-corrected chi connectivity index (χ1v) is 4.17. The van der Waals surface area contributed by atoms with Crippen molar-refractivity contribution in [2.75, 3.05) is 5.73 Å². The van der Waals surface area contributed by atoms with Gasteiger partial charge in [-0.15, -0.1) is 5.10 Å². The van der Waals surface area contributed by atoms with Crippen molar-refractivity contribution < 1.29 is 0 Å². The largest absolute Gasteiger partial charge is 0.381 e. The van der Waals surface area contributed by atoms with Gasteiger partial charge in [-0.25, -0.2) is 4.98 Å². The smallest absolute Gasteiger partial charge is 0.165 e. The molecule has 0 spiro atoms. The van der Waals surface area contributed by atoms with Crippen LogP contribution in [0.3, 0.4) is 0 Å². The molecule has 2 heterocycles. The lowest BCUT2D eigenvalue weighted by Crippen LogP contribution is -2.09. The monoisotopic (exact) mass is 193 g/mol. The maximum Gasteiger partial charge on any atom is 0.165 e. The first-order valence-electron chi connectivity index (χ1n) is 4.17. The van der Waals surface area contributed by atoms with Gasteiger partial charge >= 0.3 is 0 Å². The normalized spacial score (nSPS) is 10.7. The van der Waals surface area contributed by atoms with Gasteiger partial charge in [0.1, 0.15) is 12.4 Å². The summed E-state index contributed by atoms with van der Waals surface area (Å²) in [5, 5.41) is 12.0. The van der Waals surface area contributed by atoms with Gasteiger partial charge in [-0.1, -0.05) is 0 Å². The molecular weight excluding hydrogens is 182 g/mol. The number of rotatable bonds is 2. The van der Waals surface area contributed by atoms with Crippen LogP contribution in [-0.4, -0.2) is 29.8 Å². The third-order valence-corrected chi connectivity index (χ3v) is 1.80. The fourth-order valence-electron chi connectivity index (χ4n) is 1.21. The molecule has 0 unspecified atom stereocenters. The molecule has 0 aliphatic rings. The summed E-state index contributed by atoms with van der Waals surface area (Å²) in [7, 11) is 1.84. The minimum atomic E-state index is 0.406. The van der Waals surface area contributed by atoms with Crippen LogP contribution in [0.4, 0.5) is 5.82 Å². The molecule has 2 aromatic rings. The van der Waals surface area contributed by atoms with Crippen molar-refractivity contribution in [3.8, 4) is 0 Å². The van der Waals surface area contributed by atoms with Crippen molar-refractivity contribution in [1.82, 2.24) is 29.8 Å². The molecule has 74 valence electrons. The molecule has 2 rings (SSSR count). The van der Waals surface area contributed by atoms with Crippen molar-refractivity contribution in [3.05, 3.63) is 17.8 Å². The number of nitrogen functional groups attached to an aromatic ring is 1. The highest BCUT2D eigenvalue weighted by molar-refractivity contribution is 5.19.